The molecule has 0 saturated carbocycles. The topological polar surface area (TPSA) is 9.23 Å². The lowest BCUT2D eigenvalue weighted by atomic mass is 10.0. The van der Waals surface area contributed by atoms with E-state index in [-0.39, 0.29) is 0 Å². The average Bonchev–Trinajstić information content (AvgIpc) is 2.61. The summed E-state index contributed by atoms with van der Waals surface area (Å²) in [6.45, 7) is 19.8. The van der Waals surface area contributed by atoms with Gasteiger partial charge < -0.3 is 4.74 Å². The minimum absolute atomic E-state index is 0.583. The molecule has 0 fully saturated rings. The van der Waals surface area contributed by atoms with Gasteiger partial charge in [-0.1, -0.05) is 104 Å². The van der Waals surface area contributed by atoms with E-state index in [0.29, 0.717) is 35.5 Å². The third-order valence-corrected chi connectivity index (χ3v) is 4.87. The van der Waals surface area contributed by atoms with Gasteiger partial charge in [0, 0.05) is 13.2 Å². The van der Waals surface area contributed by atoms with Crippen molar-refractivity contribution in [2.24, 2.45) is 35.5 Å². The molecule has 0 aliphatic carbocycles. The molecule has 4 atom stereocenters. The molecule has 0 aliphatic heterocycles. The van der Waals surface area contributed by atoms with Crippen LogP contribution < -0.4 is 0 Å². The fraction of sp³-hybridized carbons (Fsp3) is 0.714. The van der Waals surface area contributed by atoms with Gasteiger partial charge in [-0.15, -0.1) is 0 Å². The number of hydrogen-bond acceptors (Lipinski definition) is 1. The Kier molecular flexibility index (Phi) is 17.1. The van der Waals surface area contributed by atoms with Gasteiger partial charge in [0.05, 0.1) is 0 Å². The summed E-state index contributed by atoms with van der Waals surface area (Å²) in [7, 11) is 0. The fourth-order valence-electron chi connectivity index (χ4n) is 2.98. The summed E-state index contributed by atoms with van der Waals surface area (Å²) >= 11 is 0. The molecule has 0 amide bonds. The second-order valence-electron chi connectivity index (χ2n) is 9.85. The second-order valence-corrected chi connectivity index (χ2v) is 9.85. The molecule has 1 nitrogen and oxygen atoms in total. The van der Waals surface area contributed by atoms with E-state index in [0.717, 1.165) is 38.9 Å². The molecule has 0 saturated heterocycles. The predicted molar refractivity (Wildman–Crippen MR) is 132 cm³/mol. The Morgan fingerprint density at radius 1 is 0.483 bits per heavy atom. The molecule has 0 aromatic carbocycles. The first-order valence-corrected chi connectivity index (χ1v) is 11.9. The van der Waals surface area contributed by atoms with Crippen LogP contribution in [0.1, 0.15) is 81.1 Å². The molecule has 29 heavy (non-hydrogen) atoms. The van der Waals surface area contributed by atoms with Crippen LogP contribution >= 0.6 is 0 Å². The highest BCUT2D eigenvalue weighted by atomic mass is 16.5. The Labute approximate surface area is 183 Å². The van der Waals surface area contributed by atoms with Crippen molar-refractivity contribution >= 4 is 0 Å². The summed E-state index contributed by atoms with van der Waals surface area (Å²) < 4.78 is 5.96. The minimum Gasteiger partial charge on any atom is -0.381 e. The van der Waals surface area contributed by atoms with Crippen molar-refractivity contribution in [3.8, 4) is 0 Å². The van der Waals surface area contributed by atoms with Crippen molar-refractivity contribution in [1.82, 2.24) is 0 Å². The molecule has 0 heterocycles. The Bertz CT molecular complexity index is 437. The first kappa shape index (κ1) is 27.9. The molecular formula is C28H50O. The molecule has 0 radical (unpaired) electrons. The van der Waals surface area contributed by atoms with E-state index in [4.69, 9.17) is 4.74 Å². The van der Waals surface area contributed by atoms with Crippen LogP contribution in [-0.2, 0) is 4.74 Å². The molecule has 0 aromatic heterocycles. The lowest BCUT2D eigenvalue weighted by molar-refractivity contribution is 0.0812. The van der Waals surface area contributed by atoms with E-state index in [2.05, 4.69) is 104 Å². The van der Waals surface area contributed by atoms with Gasteiger partial charge in [0.15, 0.2) is 0 Å². The van der Waals surface area contributed by atoms with Crippen LogP contribution in [0, 0.1) is 35.5 Å². The quantitative estimate of drug-likeness (QED) is 0.235. The van der Waals surface area contributed by atoms with Crippen LogP contribution in [-0.4, -0.2) is 13.2 Å². The van der Waals surface area contributed by atoms with Gasteiger partial charge in [-0.25, -0.2) is 0 Å². The zero-order chi connectivity index (χ0) is 22.1. The largest absolute Gasteiger partial charge is 0.381 e. The maximum atomic E-state index is 5.96. The van der Waals surface area contributed by atoms with E-state index < -0.39 is 0 Å². The van der Waals surface area contributed by atoms with Crippen molar-refractivity contribution < 1.29 is 4.74 Å². The van der Waals surface area contributed by atoms with Gasteiger partial charge in [-0.2, -0.15) is 0 Å². The van der Waals surface area contributed by atoms with Crippen molar-refractivity contribution in [1.29, 1.82) is 0 Å². The fourth-order valence-corrected chi connectivity index (χ4v) is 2.98. The summed E-state index contributed by atoms with van der Waals surface area (Å²) in [5.74, 6) is 3.70. The number of ether oxygens (including phenoxy) is 1. The van der Waals surface area contributed by atoms with Crippen LogP contribution in [0.25, 0.3) is 0 Å². The monoisotopic (exact) mass is 402 g/mol. The Morgan fingerprint density at radius 2 is 0.828 bits per heavy atom. The highest BCUT2D eigenvalue weighted by Crippen LogP contribution is 2.12. The molecule has 0 spiro atoms. The van der Waals surface area contributed by atoms with Crippen LogP contribution in [0.5, 0.6) is 0 Å². The van der Waals surface area contributed by atoms with E-state index in [1.54, 1.807) is 0 Å². The first-order chi connectivity index (χ1) is 13.7. The lowest BCUT2D eigenvalue weighted by Crippen LogP contribution is -2.11. The highest BCUT2D eigenvalue weighted by Gasteiger charge is 2.04. The molecule has 0 rings (SSSR count). The standard InChI is InChI=1S/C28H50O/c1-23(2)13-9-15-25(5)17-11-19-27(7)21-29-22-28(8)20-12-18-26(6)16-10-14-24(3)4/h9-14,17-18,23-28H,15-16,19-22H2,1-8H3/b13-9+,14-10+,17-11+,18-12+. The van der Waals surface area contributed by atoms with E-state index >= 15 is 0 Å². The Balaban J connectivity index is 3.88. The minimum atomic E-state index is 0.583. The smallest absolute Gasteiger partial charge is 0.0494 e. The van der Waals surface area contributed by atoms with Crippen molar-refractivity contribution in [2.45, 2.75) is 81.1 Å². The summed E-state index contributed by atoms with van der Waals surface area (Å²) in [6, 6.07) is 0. The van der Waals surface area contributed by atoms with Crippen molar-refractivity contribution in [3.63, 3.8) is 0 Å². The SMILES string of the molecule is CC(C)/C=C/CC(C)/C=C/CC(C)COCC(C)C/C=C/C(C)C/C=C/C(C)C. The molecule has 168 valence electrons. The summed E-state index contributed by atoms with van der Waals surface area (Å²) in [4.78, 5) is 0. The summed E-state index contributed by atoms with van der Waals surface area (Å²) in [5, 5.41) is 0. The van der Waals surface area contributed by atoms with Gasteiger partial charge in [0.2, 0.25) is 0 Å². The summed E-state index contributed by atoms with van der Waals surface area (Å²) in [6.07, 6.45) is 23.1. The van der Waals surface area contributed by atoms with Gasteiger partial charge in [0.1, 0.15) is 0 Å². The van der Waals surface area contributed by atoms with Crippen LogP contribution in [0.15, 0.2) is 48.6 Å². The Hall–Kier alpha value is -1.08. The predicted octanol–water partition coefficient (Wildman–Crippen LogP) is 8.64. The normalized spacial score (nSPS) is 17.4. The number of rotatable bonds is 16. The molecule has 1 heteroatoms. The van der Waals surface area contributed by atoms with Crippen LogP contribution in [0.3, 0.4) is 0 Å². The molecule has 0 aromatic rings. The molecule has 0 N–H and O–H groups in total. The van der Waals surface area contributed by atoms with Crippen molar-refractivity contribution in [2.75, 3.05) is 13.2 Å². The molecular weight excluding hydrogens is 352 g/mol. The lowest BCUT2D eigenvalue weighted by Gasteiger charge is -2.14. The second kappa shape index (κ2) is 17.8. The number of allylic oxidation sites excluding steroid dienone is 8. The van der Waals surface area contributed by atoms with Gasteiger partial charge in [-0.3, -0.25) is 0 Å². The van der Waals surface area contributed by atoms with Gasteiger partial charge in [-0.05, 0) is 61.2 Å². The highest BCUT2D eigenvalue weighted by molar-refractivity contribution is 4.94. The number of hydrogen-bond donors (Lipinski definition) is 0. The van der Waals surface area contributed by atoms with Crippen LogP contribution in [0.2, 0.25) is 0 Å². The average molecular weight is 403 g/mol. The maximum Gasteiger partial charge on any atom is 0.0494 e. The summed E-state index contributed by atoms with van der Waals surface area (Å²) in [5.41, 5.74) is 0. The van der Waals surface area contributed by atoms with Crippen LogP contribution in [0.4, 0.5) is 0 Å². The van der Waals surface area contributed by atoms with Gasteiger partial charge >= 0.3 is 0 Å². The Morgan fingerprint density at radius 3 is 1.17 bits per heavy atom. The van der Waals surface area contributed by atoms with Gasteiger partial charge in [0.25, 0.3) is 0 Å². The third-order valence-electron chi connectivity index (χ3n) is 4.87. The molecule has 0 bridgehead atoms. The molecule has 0 aliphatic rings. The molecule has 4 unspecified atom stereocenters. The zero-order valence-corrected chi connectivity index (χ0v) is 20.7. The van der Waals surface area contributed by atoms with E-state index in [1.165, 1.54) is 0 Å². The van der Waals surface area contributed by atoms with E-state index in [9.17, 15) is 0 Å². The zero-order valence-electron chi connectivity index (χ0n) is 20.7. The third kappa shape index (κ3) is 20.0. The van der Waals surface area contributed by atoms with E-state index in [1.807, 2.05) is 0 Å². The maximum absolute atomic E-state index is 5.96. The van der Waals surface area contributed by atoms with Crippen molar-refractivity contribution in [3.05, 3.63) is 48.6 Å². The first-order valence-electron chi connectivity index (χ1n) is 11.9.